The lowest BCUT2D eigenvalue weighted by Crippen LogP contribution is -2.39. The maximum Gasteiger partial charge on any atom is 0.111 e. The molecule has 0 heterocycles. The van der Waals surface area contributed by atoms with Crippen molar-refractivity contribution in [1.29, 1.82) is 0 Å². The fraction of sp³-hybridized carbons (Fsp3) is 0.692. The van der Waals surface area contributed by atoms with Gasteiger partial charge in [0.2, 0.25) is 0 Å². The van der Waals surface area contributed by atoms with Gasteiger partial charge in [-0.3, -0.25) is 0 Å². The van der Waals surface area contributed by atoms with Crippen molar-refractivity contribution in [3.05, 3.63) is 23.5 Å². The van der Waals surface area contributed by atoms with E-state index in [-0.39, 0.29) is 11.2 Å². The van der Waals surface area contributed by atoms with Crippen molar-refractivity contribution in [2.24, 2.45) is 5.41 Å². The molecule has 2 N–H and O–H groups in total. The monoisotopic (exact) mass is 210 g/mol. The van der Waals surface area contributed by atoms with Crippen LogP contribution >= 0.6 is 0 Å². The summed E-state index contributed by atoms with van der Waals surface area (Å²) in [4.78, 5) is 0. The Labute approximate surface area is 92.3 Å². The Balaban J connectivity index is 3.12. The van der Waals surface area contributed by atoms with E-state index in [9.17, 15) is 10.2 Å². The first-order valence-corrected chi connectivity index (χ1v) is 5.60. The molecule has 0 bridgehead atoms. The first-order chi connectivity index (χ1) is 6.79. The molecule has 0 aliphatic heterocycles. The number of allylic oxidation sites excluding steroid dienone is 2. The number of aliphatic hydroxyl groups excluding tert-OH is 1. The molecule has 0 amide bonds. The van der Waals surface area contributed by atoms with Crippen molar-refractivity contribution < 1.29 is 10.2 Å². The topological polar surface area (TPSA) is 40.5 Å². The summed E-state index contributed by atoms with van der Waals surface area (Å²) in [5.74, 6) is 0.236. The van der Waals surface area contributed by atoms with Crippen LogP contribution in [0, 0.1) is 5.41 Å². The smallest absolute Gasteiger partial charge is 0.111 e. The lowest BCUT2D eigenvalue weighted by atomic mass is 9.66. The summed E-state index contributed by atoms with van der Waals surface area (Å²) in [5.41, 5.74) is 0.133. The lowest BCUT2D eigenvalue weighted by molar-refractivity contribution is 0.0392. The first kappa shape index (κ1) is 12.3. The maximum atomic E-state index is 10.3. The van der Waals surface area contributed by atoms with Gasteiger partial charge in [-0.25, -0.2) is 0 Å². The summed E-state index contributed by atoms with van der Waals surface area (Å²) >= 11 is 0. The van der Waals surface area contributed by atoms with Gasteiger partial charge in [-0.15, -0.1) is 0 Å². The van der Waals surface area contributed by atoms with E-state index >= 15 is 0 Å². The fourth-order valence-corrected chi connectivity index (χ4v) is 2.45. The van der Waals surface area contributed by atoms with Crippen LogP contribution in [0.1, 0.15) is 47.0 Å². The van der Waals surface area contributed by atoms with E-state index in [1.54, 1.807) is 19.1 Å². The van der Waals surface area contributed by atoms with E-state index in [0.717, 1.165) is 24.8 Å². The molecule has 2 heteroatoms. The minimum atomic E-state index is -0.779. The highest BCUT2D eigenvalue weighted by atomic mass is 16.3. The predicted octanol–water partition coefficient (Wildman–Crippen LogP) is 3.34. The number of aliphatic hydroxyl groups is 2. The van der Waals surface area contributed by atoms with E-state index in [0.29, 0.717) is 0 Å². The molecule has 15 heavy (non-hydrogen) atoms. The molecule has 1 aliphatic rings. The van der Waals surface area contributed by atoms with Gasteiger partial charge in [0, 0.05) is 0 Å². The molecule has 1 fully saturated rings. The Hall–Kier alpha value is -0.760. The minimum Gasteiger partial charge on any atom is -0.508 e. The first-order valence-electron chi connectivity index (χ1n) is 5.60. The van der Waals surface area contributed by atoms with Crippen LogP contribution < -0.4 is 0 Å². The SMILES string of the molecule is CC=C(O)C=C1C(C)(C)CCCC1(C)O. The summed E-state index contributed by atoms with van der Waals surface area (Å²) in [6.07, 6.45) is 6.24. The molecule has 0 aromatic heterocycles. The Bertz CT molecular complexity index is 278. The van der Waals surface area contributed by atoms with Gasteiger partial charge in [0.15, 0.2) is 0 Å². The Morgan fingerprint density at radius 1 is 1.27 bits per heavy atom. The second kappa shape index (κ2) is 4.01. The zero-order chi connectivity index (χ0) is 11.7. The van der Waals surface area contributed by atoms with E-state index in [2.05, 4.69) is 13.8 Å². The van der Waals surface area contributed by atoms with Gasteiger partial charge in [0.05, 0.1) is 5.60 Å². The van der Waals surface area contributed by atoms with Gasteiger partial charge in [-0.1, -0.05) is 13.8 Å². The van der Waals surface area contributed by atoms with Crippen LogP contribution in [0.3, 0.4) is 0 Å². The maximum absolute atomic E-state index is 10.3. The average molecular weight is 210 g/mol. The Morgan fingerprint density at radius 2 is 1.87 bits per heavy atom. The van der Waals surface area contributed by atoms with E-state index in [4.69, 9.17) is 0 Å². The molecular formula is C13H22O2. The van der Waals surface area contributed by atoms with Gasteiger partial charge in [0.25, 0.3) is 0 Å². The molecule has 1 unspecified atom stereocenters. The van der Waals surface area contributed by atoms with Gasteiger partial charge in [-0.05, 0) is 56.3 Å². The predicted molar refractivity (Wildman–Crippen MR) is 62.7 cm³/mol. The van der Waals surface area contributed by atoms with Crippen molar-refractivity contribution in [2.75, 3.05) is 0 Å². The van der Waals surface area contributed by atoms with Crippen LogP contribution in [0.4, 0.5) is 0 Å². The standard InChI is InChI=1S/C13H22O2/c1-5-10(14)9-11-12(2,3)7-6-8-13(11,4)15/h5,9,14-15H,6-8H2,1-4H3. The van der Waals surface area contributed by atoms with Gasteiger partial charge in [0.1, 0.15) is 5.76 Å². The molecule has 1 rings (SSSR count). The van der Waals surface area contributed by atoms with Crippen molar-refractivity contribution in [2.45, 2.75) is 52.6 Å². The normalized spacial score (nSPS) is 34.5. The number of hydrogen-bond acceptors (Lipinski definition) is 2. The van der Waals surface area contributed by atoms with Crippen LogP contribution in [-0.4, -0.2) is 15.8 Å². The third kappa shape index (κ3) is 2.63. The molecule has 1 aliphatic carbocycles. The molecule has 1 atom stereocenters. The minimum absolute atomic E-state index is 0.0290. The van der Waals surface area contributed by atoms with Crippen molar-refractivity contribution in [1.82, 2.24) is 0 Å². The largest absolute Gasteiger partial charge is 0.508 e. The average Bonchev–Trinajstić information content (AvgIpc) is 2.10. The van der Waals surface area contributed by atoms with Crippen molar-refractivity contribution in [3.63, 3.8) is 0 Å². The lowest BCUT2D eigenvalue weighted by Gasteiger charge is -2.42. The highest BCUT2D eigenvalue weighted by Crippen LogP contribution is 2.45. The summed E-state index contributed by atoms with van der Waals surface area (Å²) < 4.78 is 0. The fourth-order valence-electron chi connectivity index (χ4n) is 2.45. The Morgan fingerprint density at radius 3 is 2.33 bits per heavy atom. The van der Waals surface area contributed by atoms with Gasteiger partial charge < -0.3 is 10.2 Å². The van der Waals surface area contributed by atoms with Crippen molar-refractivity contribution >= 4 is 0 Å². The van der Waals surface area contributed by atoms with E-state index < -0.39 is 5.60 Å². The molecule has 0 saturated heterocycles. The summed E-state index contributed by atoms with van der Waals surface area (Å²) in [7, 11) is 0. The van der Waals surface area contributed by atoms with Crippen LogP contribution in [0.25, 0.3) is 0 Å². The van der Waals surface area contributed by atoms with Crippen LogP contribution in [0.5, 0.6) is 0 Å². The molecular weight excluding hydrogens is 188 g/mol. The molecule has 0 radical (unpaired) electrons. The van der Waals surface area contributed by atoms with Crippen LogP contribution in [0.15, 0.2) is 23.5 Å². The Kier molecular flexibility index (Phi) is 3.29. The summed E-state index contributed by atoms with van der Waals surface area (Å²) in [5, 5.41) is 19.9. The second-order valence-electron chi connectivity index (χ2n) is 5.28. The van der Waals surface area contributed by atoms with Crippen molar-refractivity contribution in [3.8, 4) is 0 Å². The second-order valence-corrected chi connectivity index (χ2v) is 5.28. The third-order valence-corrected chi connectivity index (χ3v) is 3.36. The molecule has 0 spiro atoms. The highest BCUT2D eigenvalue weighted by Gasteiger charge is 2.40. The summed E-state index contributed by atoms with van der Waals surface area (Å²) in [6, 6.07) is 0. The third-order valence-electron chi connectivity index (χ3n) is 3.36. The van der Waals surface area contributed by atoms with E-state index in [1.165, 1.54) is 0 Å². The quantitative estimate of drug-likeness (QED) is 0.652. The van der Waals surface area contributed by atoms with E-state index in [1.807, 2.05) is 6.92 Å². The van der Waals surface area contributed by atoms with Crippen LogP contribution in [-0.2, 0) is 0 Å². The number of hydrogen-bond donors (Lipinski definition) is 2. The van der Waals surface area contributed by atoms with Gasteiger partial charge >= 0.3 is 0 Å². The molecule has 2 nitrogen and oxygen atoms in total. The molecule has 86 valence electrons. The number of rotatable bonds is 1. The zero-order valence-electron chi connectivity index (χ0n) is 10.2. The van der Waals surface area contributed by atoms with Crippen LogP contribution in [0.2, 0.25) is 0 Å². The zero-order valence-corrected chi connectivity index (χ0v) is 10.2. The summed E-state index contributed by atoms with van der Waals surface area (Å²) in [6.45, 7) is 7.87. The van der Waals surface area contributed by atoms with Gasteiger partial charge in [-0.2, -0.15) is 0 Å². The molecule has 0 aromatic carbocycles. The highest BCUT2D eigenvalue weighted by molar-refractivity contribution is 5.31. The molecule has 0 aromatic rings. The molecule has 1 saturated carbocycles.